The predicted molar refractivity (Wildman–Crippen MR) is 37.6 cm³/mol. The third-order valence-electron chi connectivity index (χ3n) is 2.17. The van der Waals surface area contributed by atoms with Crippen LogP contribution in [0.3, 0.4) is 0 Å². The van der Waals surface area contributed by atoms with Crippen molar-refractivity contribution in [3.63, 3.8) is 0 Å². The molecule has 4 unspecified atom stereocenters. The van der Waals surface area contributed by atoms with Crippen LogP contribution in [-0.2, 0) is 0 Å². The average Bonchev–Trinajstić information content (AvgIpc) is 2.08. The standard InChI is InChI=1S/C7H12FO4/c8-4-1-3(2-9)5(10)7(12)6(4)11/h3,5-7,9-12H,1-2H2. The van der Waals surface area contributed by atoms with Gasteiger partial charge < -0.3 is 20.4 Å². The van der Waals surface area contributed by atoms with Gasteiger partial charge in [-0.05, 0) is 6.42 Å². The Bertz CT molecular complexity index is 150. The molecule has 1 rings (SSSR count). The molecular formula is C7H12FO4. The molecule has 0 heterocycles. The van der Waals surface area contributed by atoms with Crippen LogP contribution in [0.4, 0.5) is 4.39 Å². The fourth-order valence-corrected chi connectivity index (χ4v) is 1.32. The summed E-state index contributed by atoms with van der Waals surface area (Å²) in [4.78, 5) is 0. The van der Waals surface area contributed by atoms with Crippen LogP contribution in [-0.4, -0.2) is 45.3 Å². The highest BCUT2D eigenvalue weighted by molar-refractivity contribution is 5.02. The Labute approximate surface area is 69.3 Å². The fourth-order valence-electron chi connectivity index (χ4n) is 1.32. The van der Waals surface area contributed by atoms with Gasteiger partial charge in [0.2, 0.25) is 0 Å². The zero-order chi connectivity index (χ0) is 9.30. The Morgan fingerprint density at radius 3 is 2.33 bits per heavy atom. The van der Waals surface area contributed by atoms with Gasteiger partial charge in [0.05, 0.1) is 6.10 Å². The Hall–Kier alpha value is -0.230. The van der Waals surface area contributed by atoms with Crippen molar-refractivity contribution in [1.29, 1.82) is 0 Å². The number of aliphatic hydroxyl groups excluding tert-OH is 4. The Balaban J connectivity index is 2.63. The molecule has 71 valence electrons. The van der Waals surface area contributed by atoms with Gasteiger partial charge in [-0.2, -0.15) is 0 Å². The van der Waals surface area contributed by atoms with Crippen molar-refractivity contribution in [3.8, 4) is 0 Å². The smallest absolute Gasteiger partial charge is 0.176 e. The topological polar surface area (TPSA) is 80.9 Å². The molecule has 1 aliphatic rings. The molecule has 0 aliphatic heterocycles. The minimum atomic E-state index is -1.62. The zero-order valence-corrected chi connectivity index (χ0v) is 6.39. The molecule has 0 aromatic carbocycles. The molecule has 4 N–H and O–H groups in total. The van der Waals surface area contributed by atoms with Crippen molar-refractivity contribution in [2.75, 3.05) is 6.61 Å². The maximum absolute atomic E-state index is 12.7. The third kappa shape index (κ3) is 1.59. The van der Waals surface area contributed by atoms with Gasteiger partial charge in [-0.3, -0.25) is 0 Å². The van der Waals surface area contributed by atoms with E-state index in [4.69, 9.17) is 15.3 Å². The van der Waals surface area contributed by atoms with Gasteiger partial charge in [-0.25, -0.2) is 4.39 Å². The minimum Gasteiger partial charge on any atom is -0.396 e. The second-order valence-electron chi connectivity index (χ2n) is 3.02. The van der Waals surface area contributed by atoms with E-state index in [1.54, 1.807) is 0 Å². The van der Waals surface area contributed by atoms with Gasteiger partial charge in [0.1, 0.15) is 12.2 Å². The molecule has 0 amide bonds. The highest BCUT2D eigenvalue weighted by Crippen LogP contribution is 2.32. The molecule has 1 aliphatic carbocycles. The van der Waals surface area contributed by atoms with Gasteiger partial charge in [0.15, 0.2) is 6.17 Å². The highest BCUT2D eigenvalue weighted by atomic mass is 19.1. The second kappa shape index (κ2) is 3.66. The van der Waals surface area contributed by atoms with Crippen LogP contribution in [0.5, 0.6) is 0 Å². The normalized spacial score (nSPS) is 44.8. The van der Waals surface area contributed by atoms with Crippen LogP contribution in [0, 0.1) is 12.1 Å². The van der Waals surface area contributed by atoms with Gasteiger partial charge >= 0.3 is 0 Å². The van der Waals surface area contributed by atoms with Crippen LogP contribution < -0.4 is 0 Å². The molecule has 12 heavy (non-hydrogen) atoms. The van der Waals surface area contributed by atoms with E-state index in [0.29, 0.717) is 0 Å². The van der Waals surface area contributed by atoms with E-state index in [2.05, 4.69) is 0 Å². The molecule has 4 atom stereocenters. The molecule has 0 bridgehead atoms. The second-order valence-corrected chi connectivity index (χ2v) is 3.02. The Morgan fingerprint density at radius 1 is 1.25 bits per heavy atom. The minimum absolute atomic E-state index is 0.199. The average molecular weight is 179 g/mol. The molecule has 0 aromatic heterocycles. The number of hydrogen-bond donors (Lipinski definition) is 4. The largest absolute Gasteiger partial charge is 0.396 e. The van der Waals surface area contributed by atoms with Crippen molar-refractivity contribution < 1.29 is 24.8 Å². The number of halogens is 1. The summed E-state index contributed by atoms with van der Waals surface area (Å²) >= 11 is 0. The molecule has 1 saturated carbocycles. The summed E-state index contributed by atoms with van der Waals surface area (Å²) in [5, 5.41) is 35.8. The SMILES string of the molecule is OCC1C[C](F)C(O)C(O)C1O. The van der Waals surface area contributed by atoms with Crippen molar-refractivity contribution in [2.24, 2.45) is 5.92 Å². The van der Waals surface area contributed by atoms with E-state index < -0.39 is 37.0 Å². The zero-order valence-electron chi connectivity index (χ0n) is 6.39. The summed E-state index contributed by atoms with van der Waals surface area (Å²) in [5.41, 5.74) is 0. The first-order valence-corrected chi connectivity index (χ1v) is 3.74. The van der Waals surface area contributed by atoms with Crippen molar-refractivity contribution in [1.82, 2.24) is 0 Å². The number of aliphatic hydroxyl groups is 4. The molecule has 4 nitrogen and oxygen atoms in total. The molecule has 5 heteroatoms. The van der Waals surface area contributed by atoms with Gasteiger partial charge in [-0.1, -0.05) is 0 Å². The summed E-state index contributed by atoms with van der Waals surface area (Å²) in [7, 11) is 0. The number of hydrogen-bond acceptors (Lipinski definition) is 4. The Morgan fingerprint density at radius 2 is 1.83 bits per heavy atom. The first-order chi connectivity index (χ1) is 5.57. The van der Waals surface area contributed by atoms with E-state index in [9.17, 15) is 9.50 Å². The molecule has 0 saturated heterocycles. The van der Waals surface area contributed by atoms with Gasteiger partial charge in [0.25, 0.3) is 0 Å². The van der Waals surface area contributed by atoms with E-state index >= 15 is 0 Å². The van der Waals surface area contributed by atoms with Crippen molar-refractivity contribution >= 4 is 0 Å². The van der Waals surface area contributed by atoms with E-state index in [0.717, 1.165) is 0 Å². The lowest BCUT2D eigenvalue weighted by atomic mass is 9.82. The van der Waals surface area contributed by atoms with E-state index in [-0.39, 0.29) is 6.42 Å². The maximum atomic E-state index is 12.7. The van der Waals surface area contributed by atoms with Crippen LogP contribution >= 0.6 is 0 Å². The van der Waals surface area contributed by atoms with Crippen LogP contribution in [0.2, 0.25) is 0 Å². The summed E-state index contributed by atoms with van der Waals surface area (Å²) in [6, 6.07) is 0. The summed E-state index contributed by atoms with van der Waals surface area (Å²) < 4.78 is 12.7. The molecule has 1 fully saturated rings. The predicted octanol–water partition coefficient (Wildman–Crippen LogP) is -1.42. The lowest BCUT2D eigenvalue weighted by Gasteiger charge is -2.35. The molecule has 0 aromatic rings. The first-order valence-electron chi connectivity index (χ1n) is 3.74. The summed E-state index contributed by atoms with van der Waals surface area (Å²) in [6.07, 6.45) is -5.40. The third-order valence-corrected chi connectivity index (χ3v) is 2.17. The number of rotatable bonds is 1. The van der Waals surface area contributed by atoms with Crippen molar-refractivity contribution in [2.45, 2.75) is 24.7 Å². The lowest BCUT2D eigenvalue weighted by Crippen LogP contribution is -2.50. The summed E-state index contributed by atoms with van der Waals surface area (Å²) in [5.74, 6) is -0.719. The maximum Gasteiger partial charge on any atom is 0.176 e. The first kappa shape index (κ1) is 9.85. The van der Waals surface area contributed by atoms with E-state index in [1.807, 2.05) is 0 Å². The van der Waals surface area contributed by atoms with Gasteiger partial charge in [0, 0.05) is 12.5 Å². The van der Waals surface area contributed by atoms with Crippen molar-refractivity contribution in [3.05, 3.63) is 6.17 Å². The highest BCUT2D eigenvalue weighted by Gasteiger charge is 2.43. The Kier molecular flexibility index (Phi) is 3.00. The van der Waals surface area contributed by atoms with Crippen LogP contribution in [0.15, 0.2) is 0 Å². The summed E-state index contributed by atoms with van der Waals surface area (Å²) in [6.45, 7) is -0.404. The monoisotopic (exact) mass is 179 g/mol. The lowest BCUT2D eigenvalue weighted by molar-refractivity contribution is -0.120. The quantitative estimate of drug-likeness (QED) is 0.398. The van der Waals surface area contributed by atoms with Crippen LogP contribution in [0.25, 0.3) is 0 Å². The van der Waals surface area contributed by atoms with Crippen LogP contribution in [0.1, 0.15) is 6.42 Å². The van der Waals surface area contributed by atoms with Gasteiger partial charge in [-0.15, -0.1) is 0 Å². The van der Waals surface area contributed by atoms with E-state index in [1.165, 1.54) is 0 Å². The molecular weight excluding hydrogens is 167 g/mol. The fraction of sp³-hybridized carbons (Fsp3) is 0.857. The molecule has 1 radical (unpaired) electrons. The molecule has 0 spiro atoms.